The topological polar surface area (TPSA) is 14.0 Å². The van der Waals surface area contributed by atoms with Crippen LogP contribution in [0.15, 0.2) is 30.3 Å². The van der Waals surface area contributed by atoms with Crippen molar-refractivity contribution in [1.82, 2.24) is 0 Å². The Morgan fingerprint density at radius 2 is 1.89 bits per heavy atom. The highest BCUT2D eigenvalue weighted by Crippen LogP contribution is 1.94. The minimum Gasteiger partial charge on any atom is -0.216 e. The smallest absolute Gasteiger partial charge is 0.203 e. The van der Waals surface area contributed by atoms with Crippen LogP contribution >= 0.6 is 0 Å². The molecule has 0 aromatic heterocycles. The van der Waals surface area contributed by atoms with Crippen molar-refractivity contribution >= 4 is 11.9 Å². The molecule has 1 nitrogen and oxygen atoms in total. The number of para-hydroxylation sites is 1. The molecule has 0 amide bonds. The van der Waals surface area contributed by atoms with E-state index in [0.717, 1.165) is 5.69 Å². The maximum absolute atomic E-state index is 3.08. The molecule has 46 valence electrons. The van der Waals surface area contributed by atoms with Gasteiger partial charge >= 0.3 is 0 Å². The third-order valence-corrected chi connectivity index (χ3v) is 1.08. The van der Waals surface area contributed by atoms with E-state index in [1.54, 1.807) is 0 Å². The molecule has 1 aromatic carbocycles. The van der Waals surface area contributed by atoms with Crippen LogP contribution in [0, 0.1) is 0 Å². The quantitative estimate of drug-likeness (QED) is 0.518. The average molecular weight is 120 g/mol. The van der Waals surface area contributed by atoms with E-state index in [4.69, 9.17) is 0 Å². The molecule has 1 N–H and O–H groups in total. The Labute approximate surface area is 55.1 Å². The highest BCUT2D eigenvalue weighted by molar-refractivity contribution is 5.48. The summed E-state index contributed by atoms with van der Waals surface area (Å²) in [6.07, 6.45) is 1.91. The van der Waals surface area contributed by atoms with Gasteiger partial charge in [0.2, 0.25) is 5.69 Å². The maximum atomic E-state index is 3.08. The molecule has 0 unspecified atom stereocenters. The van der Waals surface area contributed by atoms with Crippen LogP contribution in [-0.4, -0.2) is 6.21 Å². The molecule has 1 rings (SSSR count). The minimum atomic E-state index is 1.14. The standard InChI is InChI=1S/C8H9N/c1-2-9-8-6-4-3-5-7-8/h2-7H,1H3/p+1. The van der Waals surface area contributed by atoms with Gasteiger partial charge in [0.05, 0.1) is 0 Å². The molecule has 0 saturated carbocycles. The van der Waals surface area contributed by atoms with Gasteiger partial charge < -0.3 is 0 Å². The normalized spacial score (nSPS) is 10.3. The van der Waals surface area contributed by atoms with E-state index in [1.165, 1.54) is 0 Å². The van der Waals surface area contributed by atoms with E-state index in [-0.39, 0.29) is 0 Å². The average Bonchev–Trinajstić information content (AvgIpc) is 1.91. The van der Waals surface area contributed by atoms with Gasteiger partial charge in [0.1, 0.15) is 6.21 Å². The van der Waals surface area contributed by atoms with E-state index in [0.29, 0.717) is 0 Å². The fourth-order valence-corrected chi connectivity index (χ4v) is 0.701. The molecule has 1 heteroatoms. The first-order valence-electron chi connectivity index (χ1n) is 3.03. The number of nitrogens with one attached hydrogen (secondary N) is 1. The summed E-state index contributed by atoms with van der Waals surface area (Å²) in [5.74, 6) is 0. The Balaban J connectivity index is 2.85. The Kier molecular flexibility index (Phi) is 2.02. The van der Waals surface area contributed by atoms with Crippen molar-refractivity contribution in [1.29, 1.82) is 0 Å². The third-order valence-electron chi connectivity index (χ3n) is 1.08. The van der Waals surface area contributed by atoms with Crippen LogP contribution in [0.4, 0.5) is 5.69 Å². The van der Waals surface area contributed by atoms with E-state index in [1.807, 2.05) is 43.5 Å². The zero-order valence-corrected chi connectivity index (χ0v) is 5.46. The zero-order valence-electron chi connectivity index (χ0n) is 5.46. The SMILES string of the molecule is CC=[NH+]c1ccccc1. The molecule has 0 aliphatic rings. The minimum absolute atomic E-state index is 1.14. The summed E-state index contributed by atoms with van der Waals surface area (Å²) in [5.41, 5.74) is 1.14. The zero-order chi connectivity index (χ0) is 6.53. The van der Waals surface area contributed by atoms with Crippen molar-refractivity contribution in [2.75, 3.05) is 0 Å². The first-order chi connectivity index (χ1) is 4.43. The summed E-state index contributed by atoms with van der Waals surface area (Å²) >= 11 is 0. The summed E-state index contributed by atoms with van der Waals surface area (Å²) in [6, 6.07) is 10.1. The summed E-state index contributed by atoms with van der Waals surface area (Å²) in [6.45, 7) is 1.97. The lowest BCUT2D eigenvalue weighted by Crippen LogP contribution is -2.60. The van der Waals surface area contributed by atoms with Crippen molar-refractivity contribution in [3.8, 4) is 0 Å². The van der Waals surface area contributed by atoms with Gasteiger partial charge in [-0.1, -0.05) is 18.2 Å². The van der Waals surface area contributed by atoms with Crippen LogP contribution in [-0.2, 0) is 0 Å². The highest BCUT2D eigenvalue weighted by Gasteiger charge is 1.85. The summed E-state index contributed by atoms with van der Waals surface area (Å²) in [5, 5.41) is 0. The lowest BCUT2D eigenvalue weighted by atomic mass is 10.3. The third kappa shape index (κ3) is 1.68. The van der Waals surface area contributed by atoms with Crippen LogP contribution in [0.2, 0.25) is 0 Å². The van der Waals surface area contributed by atoms with Gasteiger partial charge in [-0.05, 0) is 0 Å². The number of hydrogen-bond acceptors (Lipinski definition) is 0. The van der Waals surface area contributed by atoms with Gasteiger partial charge in [-0.15, -0.1) is 0 Å². The summed E-state index contributed by atoms with van der Waals surface area (Å²) in [4.78, 5) is 3.08. The van der Waals surface area contributed by atoms with Crippen LogP contribution in [0.1, 0.15) is 6.92 Å². The van der Waals surface area contributed by atoms with Crippen molar-refractivity contribution in [3.63, 3.8) is 0 Å². The van der Waals surface area contributed by atoms with Crippen LogP contribution in [0.25, 0.3) is 0 Å². The molecule has 9 heavy (non-hydrogen) atoms. The molecule has 0 spiro atoms. The van der Waals surface area contributed by atoms with Gasteiger partial charge in [0.15, 0.2) is 0 Å². The van der Waals surface area contributed by atoms with Crippen LogP contribution in [0.5, 0.6) is 0 Å². The fraction of sp³-hybridized carbons (Fsp3) is 0.125. The molecule has 0 radical (unpaired) electrons. The largest absolute Gasteiger partial charge is 0.216 e. The first-order valence-corrected chi connectivity index (χ1v) is 3.03. The van der Waals surface area contributed by atoms with Gasteiger partial charge in [0, 0.05) is 19.1 Å². The summed E-state index contributed by atoms with van der Waals surface area (Å²) < 4.78 is 0. The van der Waals surface area contributed by atoms with Gasteiger partial charge in [-0.25, -0.2) is 4.99 Å². The van der Waals surface area contributed by atoms with Crippen molar-refractivity contribution in [2.45, 2.75) is 6.92 Å². The molecule has 1 aromatic rings. The second-order valence-electron chi connectivity index (χ2n) is 1.80. The second-order valence-corrected chi connectivity index (χ2v) is 1.80. The van der Waals surface area contributed by atoms with E-state index in [9.17, 15) is 0 Å². The Bertz CT molecular complexity index is 189. The Morgan fingerprint density at radius 3 is 2.44 bits per heavy atom. The monoisotopic (exact) mass is 120 g/mol. The molecule has 0 atom stereocenters. The molecule has 0 saturated heterocycles. The lowest BCUT2D eigenvalue weighted by molar-refractivity contribution is -0.348. The van der Waals surface area contributed by atoms with E-state index < -0.39 is 0 Å². The lowest BCUT2D eigenvalue weighted by Gasteiger charge is -1.80. The Morgan fingerprint density at radius 1 is 1.22 bits per heavy atom. The van der Waals surface area contributed by atoms with Gasteiger partial charge in [0.25, 0.3) is 0 Å². The van der Waals surface area contributed by atoms with E-state index in [2.05, 4.69) is 4.99 Å². The van der Waals surface area contributed by atoms with E-state index >= 15 is 0 Å². The number of rotatable bonds is 1. The predicted octanol–water partition coefficient (Wildman–Crippen LogP) is 0.489. The molecule has 0 heterocycles. The first kappa shape index (κ1) is 6.02. The number of benzene rings is 1. The molecule has 0 aliphatic heterocycles. The molecule has 0 bridgehead atoms. The second kappa shape index (κ2) is 3.02. The molecule has 0 fully saturated rings. The number of hydrogen-bond donors (Lipinski definition) is 1. The predicted molar refractivity (Wildman–Crippen MR) is 38.8 cm³/mol. The van der Waals surface area contributed by atoms with Gasteiger partial charge in [-0.2, -0.15) is 0 Å². The van der Waals surface area contributed by atoms with Crippen molar-refractivity contribution in [2.24, 2.45) is 0 Å². The molecular formula is C8H10N+. The van der Waals surface area contributed by atoms with Crippen LogP contribution in [0.3, 0.4) is 0 Å². The Hall–Kier alpha value is -1.11. The molecule has 0 aliphatic carbocycles. The summed E-state index contributed by atoms with van der Waals surface area (Å²) in [7, 11) is 0. The van der Waals surface area contributed by atoms with Crippen molar-refractivity contribution in [3.05, 3.63) is 30.3 Å². The fourth-order valence-electron chi connectivity index (χ4n) is 0.701. The molecular weight excluding hydrogens is 110 g/mol. The van der Waals surface area contributed by atoms with Gasteiger partial charge in [-0.3, -0.25) is 0 Å². The maximum Gasteiger partial charge on any atom is 0.203 e. The van der Waals surface area contributed by atoms with Crippen molar-refractivity contribution < 1.29 is 4.99 Å². The van der Waals surface area contributed by atoms with Crippen LogP contribution < -0.4 is 4.99 Å². The highest BCUT2D eigenvalue weighted by atomic mass is 14.7.